The van der Waals surface area contributed by atoms with E-state index in [0.29, 0.717) is 11.1 Å². The Labute approximate surface area is 199 Å². The molecular weight excluding hydrogens is 495 g/mol. The topological polar surface area (TPSA) is 63.1 Å². The van der Waals surface area contributed by atoms with E-state index in [2.05, 4.69) is 9.98 Å². The molecule has 0 saturated carbocycles. The number of aromatic nitrogens is 2. The Bertz CT molecular complexity index is 1440. The molecule has 1 amide bonds. The molecule has 0 radical (unpaired) electrons. The molecule has 5 rings (SSSR count). The first-order valence-electron chi connectivity index (χ1n) is 10.2. The fourth-order valence-electron chi connectivity index (χ4n) is 3.88. The van der Waals surface area contributed by atoms with Gasteiger partial charge in [0.25, 0.3) is 5.91 Å². The van der Waals surface area contributed by atoms with E-state index in [1.807, 2.05) is 0 Å². The number of pyridine rings is 1. The highest BCUT2D eigenvalue weighted by Crippen LogP contribution is 2.37. The molecule has 35 heavy (non-hydrogen) atoms. The van der Waals surface area contributed by atoms with Crippen LogP contribution in [0.15, 0.2) is 76.3 Å². The normalized spacial score (nSPS) is 20.3. The number of hydrogen-bond acceptors (Lipinski definition) is 4. The van der Waals surface area contributed by atoms with Gasteiger partial charge in [-0.2, -0.15) is 17.6 Å². The van der Waals surface area contributed by atoms with Crippen molar-refractivity contribution >= 4 is 29.1 Å². The Hall–Kier alpha value is -3.73. The monoisotopic (exact) mass is 508 g/mol. The summed E-state index contributed by atoms with van der Waals surface area (Å²) in [6.45, 7) is -0.0233. The fourth-order valence-corrected chi connectivity index (χ4v) is 4.13. The third-order valence-electron chi connectivity index (χ3n) is 5.62. The molecule has 180 valence electrons. The van der Waals surface area contributed by atoms with Gasteiger partial charge >= 0.3 is 6.18 Å². The van der Waals surface area contributed by atoms with Crippen molar-refractivity contribution in [3.63, 3.8) is 0 Å². The molecule has 0 bridgehead atoms. The zero-order valence-electron chi connectivity index (χ0n) is 17.5. The smallest absolute Gasteiger partial charge is 0.420 e. The van der Waals surface area contributed by atoms with Crippen LogP contribution in [0.25, 0.3) is 16.8 Å². The second kappa shape index (κ2) is 8.49. The van der Waals surface area contributed by atoms with Gasteiger partial charge in [-0.05, 0) is 29.9 Å². The first kappa shape index (κ1) is 23.0. The highest BCUT2D eigenvalue weighted by molar-refractivity contribution is 6.33. The molecule has 12 heteroatoms. The maximum Gasteiger partial charge on any atom is 0.420 e. The summed E-state index contributed by atoms with van der Waals surface area (Å²) in [6.07, 6.45) is 4.08. The van der Waals surface area contributed by atoms with Gasteiger partial charge in [0.05, 0.1) is 24.0 Å². The number of allylic oxidation sites excluding steroid dienone is 2. The average Bonchev–Trinajstić information content (AvgIpc) is 3.46. The highest BCUT2D eigenvalue weighted by atomic mass is 35.5. The van der Waals surface area contributed by atoms with E-state index in [9.17, 15) is 26.7 Å². The van der Waals surface area contributed by atoms with E-state index in [1.54, 1.807) is 6.08 Å². The predicted octanol–water partition coefficient (Wildman–Crippen LogP) is 6.01. The molecule has 0 fully saturated rings. The third kappa shape index (κ3) is 4.16. The molecule has 2 unspecified atom stereocenters. The standard InChI is InChI=1S/C23H14ClF5N4O2/c24-19-18(22(34)32-6-3-12(4-7-32)15-1-2-17(25)30-20(15)26)31-21-16(23(27,28)29)9-14(10-33(19)21)13-5-8-35-11-13/h1-6,8-11,15,20H,7H2. The Balaban J connectivity index is 1.47. The number of dihydropyridines is 1. The van der Waals surface area contributed by atoms with Gasteiger partial charge < -0.3 is 9.32 Å². The lowest BCUT2D eigenvalue weighted by atomic mass is 9.94. The summed E-state index contributed by atoms with van der Waals surface area (Å²) in [6, 6.07) is 2.40. The predicted molar refractivity (Wildman–Crippen MR) is 117 cm³/mol. The van der Waals surface area contributed by atoms with Crippen LogP contribution in [0.1, 0.15) is 16.1 Å². The van der Waals surface area contributed by atoms with Crippen LogP contribution in [-0.4, -0.2) is 39.0 Å². The van der Waals surface area contributed by atoms with Gasteiger partial charge in [0.15, 0.2) is 11.3 Å². The van der Waals surface area contributed by atoms with Crippen LogP contribution in [0.5, 0.6) is 0 Å². The van der Waals surface area contributed by atoms with Gasteiger partial charge in [-0.15, -0.1) is 0 Å². The van der Waals surface area contributed by atoms with E-state index in [4.69, 9.17) is 16.0 Å². The molecule has 0 aromatic carbocycles. The minimum Gasteiger partial charge on any atom is -0.472 e. The quantitative estimate of drug-likeness (QED) is 0.321. The molecule has 0 saturated heterocycles. The summed E-state index contributed by atoms with van der Waals surface area (Å²) in [5, 5.41) is -0.298. The Kier molecular flexibility index (Phi) is 5.59. The summed E-state index contributed by atoms with van der Waals surface area (Å²) in [7, 11) is 0. The first-order chi connectivity index (χ1) is 16.6. The van der Waals surface area contributed by atoms with Crippen LogP contribution >= 0.6 is 11.6 Å². The summed E-state index contributed by atoms with van der Waals surface area (Å²) in [5.74, 6) is -2.48. The Morgan fingerprint density at radius 2 is 2.03 bits per heavy atom. The Morgan fingerprint density at radius 1 is 1.23 bits per heavy atom. The molecule has 3 aromatic rings. The molecule has 3 aromatic heterocycles. The molecule has 2 aliphatic heterocycles. The number of fused-ring (bicyclic) bond motifs is 1. The molecule has 0 N–H and O–H groups in total. The molecular formula is C23H14ClF5N4O2. The lowest BCUT2D eigenvalue weighted by Crippen LogP contribution is -2.30. The molecule has 6 nitrogen and oxygen atoms in total. The van der Waals surface area contributed by atoms with Crippen molar-refractivity contribution in [3.8, 4) is 11.1 Å². The lowest BCUT2D eigenvalue weighted by Gasteiger charge is -2.24. The van der Waals surface area contributed by atoms with Gasteiger partial charge in [-0.1, -0.05) is 23.8 Å². The van der Waals surface area contributed by atoms with Crippen LogP contribution in [-0.2, 0) is 6.18 Å². The first-order valence-corrected chi connectivity index (χ1v) is 10.6. The summed E-state index contributed by atoms with van der Waals surface area (Å²) >= 11 is 6.32. The Morgan fingerprint density at radius 3 is 2.66 bits per heavy atom. The molecule has 2 aliphatic rings. The van der Waals surface area contributed by atoms with Crippen molar-refractivity contribution in [3.05, 3.63) is 83.3 Å². The average molecular weight is 509 g/mol. The van der Waals surface area contributed by atoms with Crippen molar-refractivity contribution in [2.45, 2.75) is 12.5 Å². The van der Waals surface area contributed by atoms with Crippen molar-refractivity contribution in [2.75, 3.05) is 6.54 Å². The third-order valence-corrected chi connectivity index (χ3v) is 5.99. The van der Waals surface area contributed by atoms with E-state index < -0.39 is 41.5 Å². The van der Waals surface area contributed by atoms with E-state index >= 15 is 0 Å². The van der Waals surface area contributed by atoms with Gasteiger partial charge in [-0.3, -0.25) is 9.20 Å². The highest BCUT2D eigenvalue weighted by Gasteiger charge is 2.36. The number of hydrogen-bond donors (Lipinski definition) is 0. The van der Waals surface area contributed by atoms with E-state index in [1.165, 1.54) is 48.0 Å². The minimum atomic E-state index is -4.77. The fraction of sp³-hybridized carbons (Fsp3) is 0.174. The minimum absolute atomic E-state index is 0.0233. The van der Waals surface area contributed by atoms with Crippen LogP contribution in [0.3, 0.4) is 0 Å². The number of carbonyl (C=O) groups is 1. The summed E-state index contributed by atoms with van der Waals surface area (Å²) in [5.41, 5.74) is -0.946. The number of imidazole rings is 1. The molecule has 0 spiro atoms. The van der Waals surface area contributed by atoms with Gasteiger partial charge in [-0.25, -0.2) is 14.4 Å². The molecule has 0 aliphatic carbocycles. The number of amides is 1. The van der Waals surface area contributed by atoms with Crippen molar-refractivity contribution < 1.29 is 31.2 Å². The van der Waals surface area contributed by atoms with Crippen LogP contribution in [0.2, 0.25) is 5.15 Å². The number of carbonyl (C=O) groups excluding carboxylic acids is 1. The van der Waals surface area contributed by atoms with Gasteiger partial charge in [0.2, 0.25) is 12.3 Å². The van der Waals surface area contributed by atoms with E-state index in [-0.39, 0.29) is 23.0 Å². The molecule has 2 atom stereocenters. The SMILES string of the molecule is O=C(c1nc2c(C(F)(F)F)cc(-c3ccoc3)cn2c1Cl)N1C=CC(C2C=CC(F)=NC2F)=CC1. The number of rotatable bonds is 3. The van der Waals surface area contributed by atoms with Gasteiger partial charge in [0.1, 0.15) is 5.15 Å². The number of nitrogens with zero attached hydrogens (tertiary/aromatic N) is 4. The van der Waals surface area contributed by atoms with Crippen molar-refractivity contribution in [1.82, 2.24) is 14.3 Å². The van der Waals surface area contributed by atoms with E-state index in [0.717, 1.165) is 16.5 Å². The van der Waals surface area contributed by atoms with Gasteiger partial charge in [0, 0.05) is 30.1 Å². The maximum atomic E-state index is 14.1. The second-order valence-electron chi connectivity index (χ2n) is 7.78. The number of alkyl halides is 4. The van der Waals surface area contributed by atoms with Crippen LogP contribution < -0.4 is 0 Å². The number of aliphatic imine (C=N–C) groups is 1. The number of halogens is 6. The van der Waals surface area contributed by atoms with Crippen LogP contribution in [0, 0.1) is 5.92 Å². The zero-order chi connectivity index (χ0) is 24.9. The second-order valence-corrected chi connectivity index (χ2v) is 8.14. The van der Waals surface area contributed by atoms with Crippen LogP contribution in [0.4, 0.5) is 22.0 Å². The molecule has 5 heterocycles. The van der Waals surface area contributed by atoms with Crippen molar-refractivity contribution in [2.24, 2.45) is 10.9 Å². The number of furan rings is 1. The largest absolute Gasteiger partial charge is 0.472 e. The summed E-state index contributed by atoms with van der Waals surface area (Å²) in [4.78, 5) is 21.4. The lowest BCUT2D eigenvalue weighted by molar-refractivity contribution is -0.136. The summed E-state index contributed by atoms with van der Waals surface area (Å²) < 4.78 is 74.6. The maximum absolute atomic E-state index is 14.1. The van der Waals surface area contributed by atoms with Crippen molar-refractivity contribution in [1.29, 1.82) is 0 Å². The zero-order valence-corrected chi connectivity index (χ0v) is 18.3.